The van der Waals surface area contributed by atoms with Crippen LogP contribution in [0.5, 0.6) is 5.75 Å². The van der Waals surface area contributed by atoms with Crippen LogP contribution < -0.4 is 4.74 Å². The maximum atomic E-state index is 10.7. The minimum Gasteiger partial charge on any atom is -0.497 e. The highest BCUT2D eigenvalue weighted by Crippen LogP contribution is 2.36. The van der Waals surface area contributed by atoms with Crippen molar-refractivity contribution in [3.05, 3.63) is 36.7 Å². The Morgan fingerprint density at radius 1 is 1.32 bits per heavy atom. The molecule has 0 bridgehead atoms. The number of ether oxygens (including phenoxy) is 1. The minimum absolute atomic E-state index is 0.0141. The molecule has 0 unspecified atom stereocenters. The lowest BCUT2D eigenvalue weighted by molar-refractivity contribution is -0.133. The van der Waals surface area contributed by atoms with Crippen molar-refractivity contribution in [3.8, 4) is 16.2 Å². The number of aliphatic carboxylic acids is 1. The molecule has 0 aliphatic heterocycles. The normalized spacial score (nSPS) is 10.8. The predicted octanol–water partition coefficient (Wildman–Crippen LogP) is 3.54. The van der Waals surface area contributed by atoms with Gasteiger partial charge in [0.15, 0.2) is 0 Å². The van der Waals surface area contributed by atoms with E-state index in [2.05, 4.69) is 9.97 Å². The molecule has 0 saturated carbocycles. The number of hydrogen-bond acceptors (Lipinski definition) is 6. The summed E-state index contributed by atoms with van der Waals surface area (Å²) in [5.41, 5.74) is 1.07. The predicted molar refractivity (Wildman–Crippen MR) is 87.8 cm³/mol. The van der Waals surface area contributed by atoms with E-state index in [1.807, 2.05) is 30.3 Å². The van der Waals surface area contributed by atoms with Crippen LogP contribution >= 0.6 is 23.1 Å². The molecule has 112 valence electrons. The van der Waals surface area contributed by atoms with E-state index in [1.54, 1.807) is 18.4 Å². The Labute approximate surface area is 135 Å². The first-order chi connectivity index (χ1) is 10.7. The summed E-state index contributed by atoms with van der Waals surface area (Å²) >= 11 is 2.77. The zero-order valence-corrected chi connectivity index (χ0v) is 13.3. The number of nitrogens with zero attached hydrogens (tertiary/aromatic N) is 2. The van der Waals surface area contributed by atoms with E-state index < -0.39 is 5.97 Å². The molecule has 0 saturated heterocycles. The summed E-state index contributed by atoms with van der Waals surface area (Å²) in [6.07, 6.45) is 1.47. The highest BCUT2D eigenvalue weighted by molar-refractivity contribution is 8.00. The molecular weight excluding hydrogens is 320 g/mol. The van der Waals surface area contributed by atoms with Crippen molar-refractivity contribution in [2.45, 2.75) is 5.03 Å². The topological polar surface area (TPSA) is 72.3 Å². The van der Waals surface area contributed by atoms with Crippen molar-refractivity contribution >= 4 is 39.3 Å². The molecule has 0 amide bonds. The number of aromatic nitrogens is 2. The van der Waals surface area contributed by atoms with Gasteiger partial charge in [0.25, 0.3) is 0 Å². The number of rotatable bonds is 5. The lowest BCUT2D eigenvalue weighted by atomic mass is 10.2. The average Bonchev–Trinajstić information content (AvgIpc) is 2.97. The van der Waals surface area contributed by atoms with Gasteiger partial charge in [0, 0.05) is 10.3 Å². The molecule has 0 radical (unpaired) electrons. The number of thiophene rings is 1. The van der Waals surface area contributed by atoms with Crippen molar-refractivity contribution in [1.82, 2.24) is 9.97 Å². The zero-order chi connectivity index (χ0) is 15.5. The van der Waals surface area contributed by atoms with Crippen LogP contribution in [0.3, 0.4) is 0 Å². The Kier molecular flexibility index (Phi) is 4.26. The van der Waals surface area contributed by atoms with Crippen molar-refractivity contribution < 1.29 is 14.6 Å². The molecule has 1 N–H and O–H groups in total. The lowest BCUT2D eigenvalue weighted by Crippen LogP contribution is -1.98. The highest BCUT2D eigenvalue weighted by Gasteiger charge is 2.11. The van der Waals surface area contributed by atoms with E-state index >= 15 is 0 Å². The second-order valence-corrected chi connectivity index (χ2v) is 6.41. The summed E-state index contributed by atoms with van der Waals surface area (Å²) in [6.45, 7) is 0. The number of carboxylic acid groups (broad SMARTS) is 1. The van der Waals surface area contributed by atoms with Crippen LogP contribution in [0.1, 0.15) is 0 Å². The number of hydrogen-bond donors (Lipinski definition) is 1. The summed E-state index contributed by atoms with van der Waals surface area (Å²) in [5.74, 6) is -0.0652. The molecule has 0 spiro atoms. The molecule has 7 heteroatoms. The monoisotopic (exact) mass is 332 g/mol. The Bertz CT molecular complexity index is 815. The molecule has 0 aliphatic rings. The fourth-order valence-electron chi connectivity index (χ4n) is 1.98. The lowest BCUT2D eigenvalue weighted by Gasteiger charge is -2.00. The largest absolute Gasteiger partial charge is 0.497 e. The third-order valence-electron chi connectivity index (χ3n) is 3.00. The first-order valence-corrected chi connectivity index (χ1v) is 8.21. The number of carbonyl (C=O) groups is 1. The van der Waals surface area contributed by atoms with Gasteiger partial charge in [0.2, 0.25) is 0 Å². The van der Waals surface area contributed by atoms with Gasteiger partial charge < -0.3 is 9.84 Å². The number of carboxylic acids is 1. The molecule has 22 heavy (non-hydrogen) atoms. The Hall–Kier alpha value is -2.12. The maximum absolute atomic E-state index is 10.7. The number of thioether (sulfide) groups is 1. The van der Waals surface area contributed by atoms with E-state index in [-0.39, 0.29) is 5.75 Å². The molecule has 2 aromatic heterocycles. The van der Waals surface area contributed by atoms with Crippen LogP contribution in [0.25, 0.3) is 20.7 Å². The molecular formula is C15H12N2O3S2. The molecule has 0 fully saturated rings. The van der Waals surface area contributed by atoms with Gasteiger partial charge in [-0.3, -0.25) is 4.79 Å². The van der Waals surface area contributed by atoms with E-state index in [1.165, 1.54) is 18.1 Å². The van der Waals surface area contributed by atoms with Crippen molar-refractivity contribution in [3.63, 3.8) is 0 Å². The maximum Gasteiger partial charge on any atom is 0.313 e. The Balaban J connectivity index is 1.97. The first kappa shape index (κ1) is 14.8. The van der Waals surface area contributed by atoms with Gasteiger partial charge in [-0.25, -0.2) is 9.97 Å². The van der Waals surface area contributed by atoms with Gasteiger partial charge >= 0.3 is 5.97 Å². The van der Waals surface area contributed by atoms with Crippen molar-refractivity contribution in [2.75, 3.05) is 12.9 Å². The van der Waals surface area contributed by atoms with E-state index in [0.717, 1.165) is 26.4 Å². The second-order valence-electron chi connectivity index (χ2n) is 4.42. The van der Waals surface area contributed by atoms with Gasteiger partial charge in [0.1, 0.15) is 21.9 Å². The van der Waals surface area contributed by atoms with Crippen LogP contribution in [-0.2, 0) is 4.79 Å². The fourth-order valence-corrected chi connectivity index (χ4v) is 3.74. The van der Waals surface area contributed by atoms with Gasteiger partial charge in [-0.05, 0) is 35.9 Å². The number of fused-ring (bicyclic) bond motifs is 1. The highest BCUT2D eigenvalue weighted by atomic mass is 32.2. The van der Waals surface area contributed by atoms with Crippen LogP contribution in [0.4, 0.5) is 0 Å². The molecule has 5 nitrogen and oxygen atoms in total. The Morgan fingerprint density at radius 2 is 2.09 bits per heavy atom. The van der Waals surface area contributed by atoms with Gasteiger partial charge in [-0.1, -0.05) is 11.8 Å². The summed E-state index contributed by atoms with van der Waals surface area (Å²) in [7, 11) is 1.63. The van der Waals surface area contributed by atoms with Gasteiger partial charge in [0.05, 0.1) is 12.9 Å². The number of methoxy groups -OCH3 is 1. The van der Waals surface area contributed by atoms with Crippen LogP contribution in [0.2, 0.25) is 0 Å². The molecule has 0 aliphatic carbocycles. The molecule has 0 atom stereocenters. The average molecular weight is 332 g/mol. The first-order valence-electron chi connectivity index (χ1n) is 6.41. The van der Waals surface area contributed by atoms with E-state index in [9.17, 15) is 4.79 Å². The molecule has 3 aromatic rings. The summed E-state index contributed by atoms with van der Waals surface area (Å²) in [6, 6.07) is 9.80. The van der Waals surface area contributed by atoms with Crippen molar-refractivity contribution in [1.29, 1.82) is 0 Å². The zero-order valence-electron chi connectivity index (χ0n) is 11.6. The quantitative estimate of drug-likeness (QED) is 0.569. The summed E-state index contributed by atoms with van der Waals surface area (Å²) in [4.78, 5) is 21.1. The third-order valence-corrected chi connectivity index (χ3v) is 5.08. The standard InChI is InChI=1S/C15H12N2O3S2/c1-20-10-4-2-9(3-5-10)12-6-11-14(21-7-13(18)19)16-8-17-15(11)22-12/h2-6,8H,7H2,1H3,(H,18,19). The molecule has 2 heterocycles. The third kappa shape index (κ3) is 3.05. The van der Waals surface area contributed by atoms with Crippen LogP contribution in [0.15, 0.2) is 41.7 Å². The van der Waals surface area contributed by atoms with Crippen LogP contribution in [0, 0.1) is 0 Å². The van der Waals surface area contributed by atoms with Crippen LogP contribution in [-0.4, -0.2) is 33.9 Å². The summed E-state index contributed by atoms with van der Waals surface area (Å²) < 4.78 is 5.16. The van der Waals surface area contributed by atoms with Crippen molar-refractivity contribution in [2.24, 2.45) is 0 Å². The van der Waals surface area contributed by atoms with Gasteiger partial charge in [-0.15, -0.1) is 11.3 Å². The second kappa shape index (κ2) is 6.33. The Morgan fingerprint density at radius 3 is 2.77 bits per heavy atom. The molecule has 3 rings (SSSR count). The minimum atomic E-state index is -0.859. The van der Waals surface area contributed by atoms with Gasteiger partial charge in [-0.2, -0.15) is 0 Å². The summed E-state index contributed by atoms with van der Waals surface area (Å²) in [5, 5.41) is 10.4. The molecule has 1 aromatic carbocycles. The van der Waals surface area contributed by atoms with E-state index in [0.29, 0.717) is 5.03 Å². The number of benzene rings is 1. The fraction of sp³-hybridized carbons (Fsp3) is 0.133. The SMILES string of the molecule is COc1ccc(-c2cc3c(SCC(=O)O)ncnc3s2)cc1. The van der Waals surface area contributed by atoms with E-state index in [4.69, 9.17) is 9.84 Å². The smallest absolute Gasteiger partial charge is 0.313 e.